The molecule has 0 radical (unpaired) electrons. The number of hydrogen-bond acceptors (Lipinski definition) is 4. The maximum atomic E-state index is 12.2. The molecule has 2 aromatic carbocycles. The summed E-state index contributed by atoms with van der Waals surface area (Å²) in [7, 11) is 3.50. The quantitative estimate of drug-likeness (QED) is 0.576. The maximum Gasteiger partial charge on any atom is 0.244 e. The lowest BCUT2D eigenvalue weighted by Crippen LogP contribution is -2.20. The van der Waals surface area contributed by atoms with E-state index in [9.17, 15) is 4.79 Å². The van der Waals surface area contributed by atoms with Gasteiger partial charge in [0, 0.05) is 37.0 Å². The third-order valence-electron chi connectivity index (χ3n) is 4.72. The lowest BCUT2D eigenvalue weighted by atomic mass is 10.1. The van der Waals surface area contributed by atoms with Crippen LogP contribution in [-0.2, 0) is 25.0 Å². The van der Waals surface area contributed by atoms with Crippen molar-refractivity contribution in [2.24, 2.45) is 7.05 Å². The van der Waals surface area contributed by atoms with Gasteiger partial charge in [-0.1, -0.05) is 23.8 Å². The summed E-state index contributed by atoms with van der Waals surface area (Å²) in [6, 6.07) is 13.7. The van der Waals surface area contributed by atoms with Crippen LogP contribution in [0.4, 0.5) is 0 Å². The first-order chi connectivity index (χ1) is 14.4. The summed E-state index contributed by atoms with van der Waals surface area (Å²) in [4.78, 5) is 12.2. The number of hydrogen-bond donors (Lipinski definition) is 1. The van der Waals surface area contributed by atoms with Crippen LogP contribution in [0.15, 0.2) is 54.7 Å². The largest absolute Gasteiger partial charge is 0.496 e. The molecule has 0 saturated carbocycles. The van der Waals surface area contributed by atoms with Crippen molar-refractivity contribution in [1.82, 2.24) is 15.1 Å². The molecule has 3 rings (SSSR count). The highest BCUT2D eigenvalue weighted by atomic mass is 16.5. The molecule has 0 bridgehead atoms. The predicted molar refractivity (Wildman–Crippen MR) is 117 cm³/mol. The number of nitrogens with one attached hydrogen (secondary N) is 1. The molecule has 30 heavy (non-hydrogen) atoms. The van der Waals surface area contributed by atoms with Gasteiger partial charge in [-0.05, 0) is 49.8 Å². The van der Waals surface area contributed by atoms with E-state index in [4.69, 9.17) is 9.47 Å². The third-order valence-corrected chi connectivity index (χ3v) is 4.72. The third kappa shape index (κ3) is 5.73. The van der Waals surface area contributed by atoms with E-state index >= 15 is 0 Å². The predicted octanol–water partition coefficient (Wildman–Crippen LogP) is 3.95. The molecular formula is C24H27N3O3. The Morgan fingerprint density at radius 1 is 1.13 bits per heavy atom. The number of carbonyl (C=O) groups is 1. The minimum Gasteiger partial charge on any atom is -0.496 e. The van der Waals surface area contributed by atoms with Gasteiger partial charge in [0.2, 0.25) is 5.91 Å². The van der Waals surface area contributed by atoms with E-state index in [0.29, 0.717) is 13.2 Å². The number of ether oxygens (including phenoxy) is 2. The Labute approximate surface area is 177 Å². The number of rotatable bonds is 8. The van der Waals surface area contributed by atoms with Crippen molar-refractivity contribution in [2.45, 2.75) is 27.0 Å². The van der Waals surface area contributed by atoms with Crippen LogP contribution in [0.5, 0.6) is 11.5 Å². The highest BCUT2D eigenvalue weighted by Gasteiger charge is 2.07. The molecule has 6 heteroatoms. The van der Waals surface area contributed by atoms with Crippen molar-refractivity contribution in [3.05, 3.63) is 82.7 Å². The molecule has 0 aliphatic carbocycles. The fraction of sp³-hybridized carbons (Fsp3) is 0.250. The molecule has 0 fully saturated rings. The van der Waals surface area contributed by atoms with Crippen LogP contribution in [0.1, 0.15) is 27.9 Å². The molecule has 1 aromatic heterocycles. The van der Waals surface area contributed by atoms with Gasteiger partial charge in [0.15, 0.2) is 0 Å². The molecule has 0 saturated heterocycles. The maximum absolute atomic E-state index is 12.2. The number of amides is 1. The number of aryl methyl sites for hydroxylation is 3. The first kappa shape index (κ1) is 21.2. The summed E-state index contributed by atoms with van der Waals surface area (Å²) in [6.45, 7) is 4.78. The van der Waals surface area contributed by atoms with Crippen molar-refractivity contribution >= 4 is 12.0 Å². The van der Waals surface area contributed by atoms with Crippen LogP contribution in [0, 0.1) is 13.8 Å². The van der Waals surface area contributed by atoms with Crippen LogP contribution < -0.4 is 14.8 Å². The molecule has 0 unspecified atom stereocenters. The van der Waals surface area contributed by atoms with Crippen molar-refractivity contribution in [3.63, 3.8) is 0 Å². The fourth-order valence-corrected chi connectivity index (χ4v) is 3.05. The molecular weight excluding hydrogens is 378 g/mol. The highest BCUT2D eigenvalue weighted by molar-refractivity contribution is 5.91. The van der Waals surface area contributed by atoms with Crippen molar-refractivity contribution in [2.75, 3.05) is 7.11 Å². The first-order valence-corrected chi connectivity index (χ1v) is 9.76. The monoisotopic (exact) mass is 405 g/mol. The topological polar surface area (TPSA) is 65.4 Å². The molecule has 1 N–H and O–H groups in total. The Hall–Kier alpha value is -3.54. The minimum atomic E-state index is -0.161. The van der Waals surface area contributed by atoms with Crippen LogP contribution in [0.25, 0.3) is 6.08 Å². The summed E-state index contributed by atoms with van der Waals surface area (Å²) in [5.41, 5.74) is 4.90. The minimum absolute atomic E-state index is 0.161. The number of carbonyl (C=O) groups excluding carboxylic acids is 1. The number of benzene rings is 2. The Morgan fingerprint density at radius 2 is 1.90 bits per heavy atom. The Morgan fingerprint density at radius 3 is 2.57 bits per heavy atom. The molecule has 0 atom stereocenters. The standard InChI is InChI=1S/C24H27N3O3/c1-17-5-9-22(10-6-17)30-16-20-13-19(7-11-23(20)29-4)8-12-24(28)25-14-21-15-27(3)26-18(21)2/h5-13,15H,14,16H2,1-4H3,(H,25,28)/b12-8+. The van der Waals surface area contributed by atoms with Gasteiger partial charge in [-0.15, -0.1) is 0 Å². The summed E-state index contributed by atoms with van der Waals surface area (Å²) >= 11 is 0. The molecule has 6 nitrogen and oxygen atoms in total. The first-order valence-electron chi connectivity index (χ1n) is 9.76. The van der Waals surface area contributed by atoms with Crippen LogP contribution in [0.3, 0.4) is 0 Å². The van der Waals surface area contributed by atoms with Gasteiger partial charge in [0.05, 0.1) is 12.8 Å². The van der Waals surface area contributed by atoms with Gasteiger partial charge >= 0.3 is 0 Å². The highest BCUT2D eigenvalue weighted by Crippen LogP contribution is 2.23. The normalized spacial score (nSPS) is 10.9. The number of nitrogens with zero attached hydrogens (tertiary/aromatic N) is 2. The van der Waals surface area contributed by atoms with E-state index in [1.807, 2.05) is 69.6 Å². The average Bonchev–Trinajstić information content (AvgIpc) is 3.07. The van der Waals surface area contributed by atoms with Crippen molar-refractivity contribution in [3.8, 4) is 11.5 Å². The van der Waals surface area contributed by atoms with Crippen molar-refractivity contribution in [1.29, 1.82) is 0 Å². The molecule has 0 aliphatic rings. The average molecular weight is 405 g/mol. The van der Waals surface area contributed by atoms with Crippen LogP contribution in [0.2, 0.25) is 0 Å². The van der Waals surface area contributed by atoms with Gasteiger partial charge in [-0.3, -0.25) is 9.48 Å². The molecule has 0 aliphatic heterocycles. The van der Waals surface area contributed by atoms with Gasteiger partial charge in [-0.2, -0.15) is 5.10 Å². The second-order valence-corrected chi connectivity index (χ2v) is 7.14. The van der Waals surface area contributed by atoms with E-state index in [-0.39, 0.29) is 5.91 Å². The Balaban J connectivity index is 1.62. The SMILES string of the molecule is COc1ccc(/C=C/C(=O)NCc2cn(C)nc2C)cc1COc1ccc(C)cc1. The molecule has 1 amide bonds. The summed E-state index contributed by atoms with van der Waals surface area (Å²) in [5.74, 6) is 1.39. The molecule has 0 spiro atoms. The number of methoxy groups -OCH3 is 1. The van der Waals surface area contributed by atoms with E-state index in [0.717, 1.165) is 33.9 Å². The van der Waals surface area contributed by atoms with Crippen LogP contribution in [-0.4, -0.2) is 22.8 Å². The van der Waals surface area contributed by atoms with Gasteiger partial charge < -0.3 is 14.8 Å². The Kier molecular flexibility index (Phi) is 6.91. The van der Waals surface area contributed by atoms with E-state index < -0.39 is 0 Å². The fourth-order valence-electron chi connectivity index (χ4n) is 3.05. The zero-order chi connectivity index (χ0) is 21.5. The summed E-state index contributed by atoms with van der Waals surface area (Å²) in [6.07, 6.45) is 5.21. The molecule has 1 heterocycles. The zero-order valence-electron chi connectivity index (χ0n) is 17.8. The van der Waals surface area contributed by atoms with E-state index in [2.05, 4.69) is 10.4 Å². The van der Waals surface area contributed by atoms with Gasteiger partial charge in [0.25, 0.3) is 0 Å². The van der Waals surface area contributed by atoms with Gasteiger partial charge in [-0.25, -0.2) is 0 Å². The smallest absolute Gasteiger partial charge is 0.244 e. The van der Waals surface area contributed by atoms with E-state index in [1.54, 1.807) is 17.9 Å². The van der Waals surface area contributed by atoms with Gasteiger partial charge in [0.1, 0.15) is 18.1 Å². The van der Waals surface area contributed by atoms with Crippen LogP contribution >= 0.6 is 0 Å². The lowest BCUT2D eigenvalue weighted by Gasteiger charge is -2.11. The summed E-state index contributed by atoms with van der Waals surface area (Å²) < 4.78 is 13.1. The Bertz CT molecular complexity index is 1040. The lowest BCUT2D eigenvalue weighted by molar-refractivity contribution is -0.116. The summed E-state index contributed by atoms with van der Waals surface area (Å²) in [5, 5.41) is 7.16. The number of aromatic nitrogens is 2. The molecule has 156 valence electrons. The second-order valence-electron chi connectivity index (χ2n) is 7.14. The molecule has 3 aromatic rings. The van der Waals surface area contributed by atoms with E-state index in [1.165, 1.54) is 11.6 Å². The van der Waals surface area contributed by atoms with Crippen molar-refractivity contribution < 1.29 is 14.3 Å². The second kappa shape index (κ2) is 9.78. The zero-order valence-corrected chi connectivity index (χ0v) is 17.8.